The molecule has 1 aliphatic carbocycles. The maximum Gasteiger partial charge on any atom is 0.254 e. The molecule has 2 N–H and O–H groups in total. The summed E-state index contributed by atoms with van der Waals surface area (Å²) >= 11 is 0. The standard InChI is InChI=1S/C25H36N6O3/c1-17-20(10-12-31-21(17)9-11-27-31)24(33)29-13-15-30(16-14-29)25(34)22(19-7-5-4-6-8-19)28-23(32)18(2)26-3/h9-12,18-19,22,26H,4-8,13-16H2,1-3H3,(H,28,32)/t18-,22?/m0/s1. The van der Waals surface area contributed by atoms with E-state index in [0.29, 0.717) is 31.7 Å². The number of nitrogens with one attached hydrogen (secondary N) is 2. The summed E-state index contributed by atoms with van der Waals surface area (Å²) in [5, 5.41) is 10.2. The molecule has 2 aliphatic rings. The lowest BCUT2D eigenvalue weighted by Gasteiger charge is -2.39. The SMILES string of the molecule is CN[C@@H](C)C(=O)NC(C(=O)N1CCN(C(=O)c2ccn3nccc3c2C)CC1)C1CCCCC1. The molecule has 2 aromatic heterocycles. The van der Waals surface area contributed by atoms with Gasteiger partial charge >= 0.3 is 0 Å². The second kappa shape index (κ2) is 10.5. The molecule has 1 unspecified atom stereocenters. The molecule has 0 radical (unpaired) electrons. The molecule has 4 rings (SSSR count). The molecule has 1 saturated heterocycles. The largest absolute Gasteiger partial charge is 0.343 e. The third-order valence-corrected chi connectivity index (χ3v) is 7.46. The first-order chi connectivity index (χ1) is 16.4. The van der Waals surface area contributed by atoms with Crippen LogP contribution in [-0.2, 0) is 9.59 Å². The van der Waals surface area contributed by atoms with Gasteiger partial charge in [-0.15, -0.1) is 0 Å². The number of carbonyl (C=O) groups excluding carboxylic acids is 3. The van der Waals surface area contributed by atoms with Gasteiger partial charge in [0.05, 0.1) is 11.6 Å². The number of amides is 3. The molecule has 3 amide bonds. The van der Waals surface area contributed by atoms with E-state index in [2.05, 4.69) is 15.7 Å². The lowest BCUT2D eigenvalue weighted by molar-refractivity contribution is -0.140. The van der Waals surface area contributed by atoms with Crippen LogP contribution < -0.4 is 10.6 Å². The quantitative estimate of drug-likeness (QED) is 0.671. The highest BCUT2D eigenvalue weighted by molar-refractivity contribution is 5.97. The van der Waals surface area contributed by atoms with E-state index < -0.39 is 6.04 Å². The maximum atomic E-state index is 13.5. The molecular weight excluding hydrogens is 432 g/mol. The van der Waals surface area contributed by atoms with Crippen LogP contribution in [0, 0.1) is 12.8 Å². The predicted octanol–water partition coefficient (Wildman–Crippen LogP) is 1.60. The van der Waals surface area contributed by atoms with Gasteiger partial charge in [0.25, 0.3) is 5.91 Å². The van der Waals surface area contributed by atoms with Gasteiger partial charge in [0.2, 0.25) is 11.8 Å². The van der Waals surface area contributed by atoms with Crippen molar-refractivity contribution < 1.29 is 14.4 Å². The molecule has 0 spiro atoms. The zero-order chi connectivity index (χ0) is 24.2. The van der Waals surface area contributed by atoms with Crippen LogP contribution in [0.4, 0.5) is 0 Å². The van der Waals surface area contributed by atoms with Gasteiger partial charge in [0, 0.05) is 44.1 Å². The number of carbonyl (C=O) groups is 3. The summed E-state index contributed by atoms with van der Waals surface area (Å²) in [7, 11) is 1.74. The average Bonchev–Trinajstić information content (AvgIpc) is 3.36. The monoisotopic (exact) mass is 468 g/mol. The van der Waals surface area contributed by atoms with E-state index in [1.54, 1.807) is 30.9 Å². The van der Waals surface area contributed by atoms with Gasteiger partial charge in [-0.2, -0.15) is 5.10 Å². The Balaban J connectivity index is 1.42. The van der Waals surface area contributed by atoms with Crippen LogP contribution in [0.5, 0.6) is 0 Å². The van der Waals surface area contributed by atoms with Crippen LogP contribution in [0.3, 0.4) is 0 Å². The second-order valence-corrected chi connectivity index (χ2v) is 9.53. The topological polar surface area (TPSA) is 99.0 Å². The second-order valence-electron chi connectivity index (χ2n) is 9.53. The molecule has 1 saturated carbocycles. The lowest BCUT2D eigenvalue weighted by atomic mass is 9.83. The Morgan fingerprint density at radius 3 is 2.38 bits per heavy atom. The first kappa shape index (κ1) is 24.2. The Bertz CT molecular complexity index is 1040. The summed E-state index contributed by atoms with van der Waals surface area (Å²) < 4.78 is 1.76. The van der Waals surface area contributed by atoms with E-state index >= 15 is 0 Å². The fourth-order valence-corrected chi connectivity index (χ4v) is 5.12. The van der Waals surface area contributed by atoms with Crippen molar-refractivity contribution in [3.63, 3.8) is 0 Å². The Morgan fingerprint density at radius 2 is 1.71 bits per heavy atom. The van der Waals surface area contributed by atoms with Gasteiger partial charge in [-0.25, -0.2) is 4.52 Å². The van der Waals surface area contributed by atoms with Gasteiger partial charge in [0.15, 0.2) is 0 Å². The third-order valence-electron chi connectivity index (χ3n) is 7.46. The molecule has 2 aromatic rings. The number of aromatic nitrogens is 2. The van der Waals surface area contributed by atoms with E-state index in [0.717, 1.165) is 36.8 Å². The van der Waals surface area contributed by atoms with Crippen LogP contribution in [0.2, 0.25) is 0 Å². The molecule has 1 aliphatic heterocycles. The van der Waals surface area contributed by atoms with Crippen LogP contribution in [0.15, 0.2) is 24.5 Å². The first-order valence-electron chi connectivity index (χ1n) is 12.4. The fourth-order valence-electron chi connectivity index (χ4n) is 5.12. The molecule has 2 atom stereocenters. The molecule has 3 heterocycles. The van der Waals surface area contributed by atoms with Crippen molar-refractivity contribution in [1.82, 2.24) is 30.0 Å². The zero-order valence-electron chi connectivity index (χ0n) is 20.4. The Morgan fingerprint density at radius 1 is 1.03 bits per heavy atom. The van der Waals surface area contributed by atoms with Crippen molar-refractivity contribution in [2.45, 2.75) is 58.0 Å². The number of piperazine rings is 1. The molecule has 9 heteroatoms. The minimum atomic E-state index is -0.502. The van der Waals surface area contributed by atoms with Crippen molar-refractivity contribution in [2.75, 3.05) is 33.2 Å². The number of hydrogen-bond acceptors (Lipinski definition) is 5. The van der Waals surface area contributed by atoms with E-state index in [-0.39, 0.29) is 29.7 Å². The number of hydrogen-bond donors (Lipinski definition) is 2. The third kappa shape index (κ3) is 4.94. The van der Waals surface area contributed by atoms with Crippen molar-refractivity contribution in [1.29, 1.82) is 0 Å². The molecule has 184 valence electrons. The minimum absolute atomic E-state index is 0.0201. The number of pyridine rings is 1. The highest BCUT2D eigenvalue weighted by Gasteiger charge is 2.36. The molecule has 0 bridgehead atoms. The molecule has 2 fully saturated rings. The Hall–Kier alpha value is -2.94. The highest BCUT2D eigenvalue weighted by atomic mass is 16.2. The number of fused-ring (bicyclic) bond motifs is 1. The number of nitrogens with zero attached hydrogens (tertiary/aromatic N) is 4. The molecular formula is C25H36N6O3. The minimum Gasteiger partial charge on any atom is -0.343 e. The molecule has 34 heavy (non-hydrogen) atoms. The van der Waals surface area contributed by atoms with Gasteiger partial charge in [-0.05, 0) is 57.4 Å². The van der Waals surface area contributed by atoms with Crippen molar-refractivity contribution in [2.24, 2.45) is 5.92 Å². The zero-order valence-corrected chi connectivity index (χ0v) is 20.4. The smallest absolute Gasteiger partial charge is 0.254 e. The highest BCUT2D eigenvalue weighted by Crippen LogP contribution is 2.28. The van der Waals surface area contributed by atoms with E-state index in [1.807, 2.05) is 28.9 Å². The van der Waals surface area contributed by atoms with Crippen LogP contribution in [-0.4, -0.2) is 82.4 Å². The number of aryl methyl sites for hydroxylation is 1. The molecule has 0 aromatic carbocycles. The predicted molar refractivity (Wildman–Crippen MR) is 129 cm³/mol. The summed E-state index contributed by atoms with van der Waals surface area (Å²) in [6.07, 6.45) is 8.81. The summed E-state index contributed by atoms with van der Waals surface area (Å²) in [5.41, 5.74) is 2.49. The van der Waals surface area contributed by atoms with Crippen molar-refractivity contribution >= 4 is 23.2 Å². The average molecular weight is 469 g/mol. The van der Waals surface area contributed by atoms with Gasteiger partial charge in [-0.1, -0.05) is 19.3 Å². The van der Waals surface area contributed by atoms with Gasteiger partial charge in [0.1, 0.15) is 6.04 Å². The summed E-state index contributed by atoms with van der Waals surface area (Å²) in [4.78, 5) is 43.0. The first-order valence-corrected chi connectivity index (χ1v) is 12.4. The van der Waals surface area contributed by atoms with Gasteiger partial charge < -0.3 is 20.4 Å². The van der Waals surface area contributed by atoms with E-state index in [9.17, 15) is 14.4 Å². The Kier molecular flexibility index (Phi) is 7.50. The summed E-state index contributed by atoms with van der Waals surface area (Å²) in [5.74, 6) is -0.0225. The van der Waals surface area contributed by atoms with Crippen molar-refractivity contribution in [3.05, 3.63) is 35.7 Å². The molecule has 9 nitrogen and oxygen atoms in total. The van der Waals surface area contributed by atoms with Crippen molar-refractivity contribution in [3.8, 4) is 0 Å². The Labute approximate surface area is 200 Å². The lowest BCUT2D eigenvalue weighted by Crippen LogP contribution is -2.59. The van der Waals surface area contributed by atoms with Gasteiger partial charge in [-0.3, -0.25) is 14.4 Å². The summed E-state index contributed by atoms with van der Waals surface area (Å²) in [6.45, 7) is 5.64. The van der Waals surface area contributed by atoms with Crippen LogP contribution in [0.1, 0.15) is 54.9 Å². The summed E-state index contributed by atoms with van der Waals surface area (Å²) in [6, 6.07) is 2.85. The van der Waals surface area contributed by atoms with E-state index in [1.165, 1.54) is 6.42 Å². The van der Waals surface area contributed by atoms with Crippen LogP contribution in [0.25, 0.3) is 5.52 Å². The van der Waals surface area contributed by atoms with E-state index in [4.69, 9.17) is 0 Å². The van der Waals surface area contributed by atoms with Crippen LogP contribution >= 0.6 is 0 Å². The maximum absolute atomic E-state index is 13.5. The fraction of sp³-hybridized carbons (Fsp3) is 0.600. The number of rotatable bonds is 6. The normalized spacial score (nSPS) is 19.1. The number of likely N-dealkylation sites (N-methyl/N-ethyl adjacent to an activating group) is 1.